The largest absolute Gasteiger partial charge is 0.496 e. The molecule has 17 heavy (non-hydrogen) atoms. The summed E-state index contributed by atoms with van der Waals surface area (Å²) in [7, 11) is 1.73. The summed E-state index contributed by atoms with van der Waals surface area (Å²) in [6, 6.07) is 6.67. The number of ether oxygens (including phenoxy) is 1. The van der Waals surface area contributed by atoms with E-state index in [-0.39, 0.29) is 0 Å². The van der Waals surface area contributed by atoms with Gasteiger partial charge in [-0.05, 0) is 38.8 Å². The summed E-state index contributed by atoms with van der Waals surface area (Å²) in [6.07, 6.45) is 1.21. The van der Waals surface area contributed by atoms with Gasteiger partial charge in [-0.2, -0.15) is 0 Å². The number of benzene rings is 1. The first-order chi connectivity index (χ1) is 8.04. The fourth-order valence-corrected chi connectivity index (χ4v) is 1.89. The predicted octanol–water partition coefficient (Wildman–Crippen LogP) is 3.70. The topological polar surface area (TPSA) is 21.3 Å². The lowest BCUT2D eigenvalue weighted by molar-refractivity contribution is 0.399. The van der Waals surface area contributed by atoms with Crippen LogP contribution in [0.4, 0.5) is 0 Å². The normalized spacial score (nSPS) is 12.8. The van der Waals surface area contributed by atoms with Crippen molar-refractivity contribution in [2.75, 3.05) is 13.7 Å². The van der Waals surface area contributed by atoms with Crippen LogP contribution in [0.25, 0.3) is 0 Å². The van der Waals surface area contributed by atoms with Crippen LogP contribution < -0.4 is 10.1 Å². The second kappa shape index (κ2) is 6.65. The van der Waals surface area contributed by atoms with E-state index in [4.69, 9.17) is 4.74 Å². The molecule has 2 heteroatoms. The van der Waals surface area contributed by atoms with Gasteiger partial charge in [-0.1, -0.05) is 31.5 Å². The Balaban J connectivity index is 2.66. The van der Waals surface area contributed by atoms with Gasteiger partial charge in [0, 0.05) is 11.6 Å². The molecule has 0 aliphatic heterocycles. The lowest BCUT2D eigenvalue weighted by Crippen LogP contribution is -2.21. The highest BCUT2D eigenvalue weighted by Crippen LogP contribution is 2.25. The van der Waals surface area contributed by atoms with E-state index in [9.17, 15) is 0 Å². The molecular weight excluding hydrogens is 210 g/mol. The Kier molecular flexibility index (Phi) is 5.49. The molecule has 1 N–H and O–H groups in total. The highest BCUT2D eigenvalue weighted by molar-refractivity contribution is 5.38. The van der Waals surface area contributed by atoms with Gasteiger partial charge >= 0.3 is 0 Å². The average Bonchev–Trinajstić information content (AvgIpc) is 2.28. The van der Waals surface area contributed by atoms with Crippen LogP contribution in [0.15, 0.2) is 18.2 Å². The zero-order valence-electron chi connectivity index (χ0n) is 11.7. The van der Waals surface area contributed by atoms with Gasteiger partial charge in [0.05, 0.1) is 7.11 Å². The summed E-state index contributed by atoms with van der Waals surface area (Å²) in [5.74, 6) is 1.72. The molecule has 1 rings (SSSR count). The molecule has 0 bridgehead atoms. The highest BCUT2D eigenvalue weighted by Gasteiger charge is 2.10. The molecule has 0 saturated heterocycles. The molecular formula is C15H25NO. The van der Waals surface area contributed by atoms with Crippen molar-refractivity contribution >= 4 is 0 Å². The molecule has 2 nitrogen and oxygen atoms in total. The molecule has 0 amide bonds. The predicted molar refractivity (Wildman–Crippen MR) is 73.6 cm³/mol. The summed E-state index contributed by atoms with van der Waals surface area (Å²) < 4.78 is 5.41. The lowest BCUT2D eigenvalue weighted by Gasteiger charge is -2.18. The van der Waals surface area contributed by atoms with Crippen LogP contribution in [0.3, 0.4) is 0 Å². The van der Waals surface area contributed by atoms with Crippen molar-refractivity contribution in [2.24, 2.45) is 5.92 Å². The smallest absolute Gasteiger partial charge is 0.123 e. The minimum absolute atomic E-state index is 0.337. The second-order valence-electron chi connectivity index (χ2n) is 5.10. The van der Waals surface area contributed by atoms with Crippen LogP contribution in [-0.2, 0) is 0 Å². The van der Waals surface area contributed by atoms with Gasteiger partial charge < -0.3 is 10.1 Å². The zero-order chi connectivity index (χ0) is 12.8. The molecule has 96 valence electrons. The van der Waals surface area contributed by atoms with Crippen molar-refractivity contribution in [1.29, 1.82) is 0 Å². The minimum atomic E-state index is 0.337. The van der Waals surface area contributed by atoms with Gasteiger partial charge in [0.1, 0.15) is 5.75 Å². The van der Waals surface area contributed by atoms with Crippen molar-refractivity contribution in [3.63, 3.8) is 0 Å². The van der Waals surface area contributed by atoms with Gasteiger partial charge in [0.2, 0.25) is 0 Å². The standard InChI is InChI=1S/C15H25NO/c1-11(2)8-9-16-13(4)14-10-12(3)6-7-15(14)17-5/h6-7,10-11,13,16H,8-9H2,1-5H3. The Hall–Kier alpha value is -1.02. The quantitative estimate of drug-likeness (QED) is 0.811. The van der Waals surface area contributed by atoms with Gasteiger partial charge in [-0.15, -0.1) is 0 Å². The van der Waals surface area contributed by atoms with Gasteiger partial charge in [0.25, 0.3) is 0 Å². The van der Waals surface area contributed by atoms with Crippen LogP contribution in [0.5, 0.6) is 5.75 Å². The molecule has 0 radical (unpaired) electrons. The van der Waals surface area contributed by atoms with Gasteiger partial charge in [0.15, 0.2) is 0 Å². The molecule has 1 atom stereocenters. The number of methoxy groups -OCH3 is 1. The lowest BCUT2D eigenvalue weighted by atomic mass is 10.0. The summed E-state index contributed by atoms with van der Waals surface area (Å²) >= 11 is 0. The molecule has 0 aromatic heterocycles. The molecule has 0 aliphatic rings. The molecule has 0 aliphatic carbocycles. The Bertz CT molecular complexity index is 347. The van der Waals surface area contributed by atoms with Crippen molar-refractivity contribution in [3.05, 3.63) is 29.3 Å². The minimum Gasteiger partial charge on any atom is -0.496 e. The van der Waals surface area contributed by atoms with E-state index in [2.05, 4.69) is 45.1 Å². The van der Waals surface area contributed by atoms with Crippen LogP contribution >= 0.6 is 0 Å². The van der Waals surface area contributed by atoms with E-state index in [1.54, 1.807) is 7.11 Å². The first-order valence-electron chi connectivity index (χ1n) is 6.42. The van der Waals surface area contributed by atoms with Crippen LogP contribution in [-0.4, -0.2) is 13.7 Å². The Morgan fingerprint density at radius 3 is 2.53 bits per heavy atom. The molecule has 0 fully saturated rings. The fraction of sp³-hybridized carbons (Fsp3) is 0.600. The Labute approximate surface area is 105 Å². The first kappa shape index (κ1) is 14.0. The van der Waals surface area contributed by atoms with E-state index in [0.29, 0.717) is 6.04 Å². The number of hydrogen-bond donors (Lipinski definition) is 1. The third-order valence-corrected chi connectivity index (χ3v) is 3.02. The molecule has 1 aromatic rings. The summed E-state index contributed by atoms with van der Waals surface area (Å²) in [5.41, 5.74) is 2.52. The Morgan fingerprint density at radius 1 is 1.24 bits per heavy atom. The van der Waals surface area contributed by atoms with E-state index in [1.807, 2.05) is 6.07 Å². The van der Waals surface area contributed by atoms with E-state index < -0.39 is 0 Å². The summed E-state index contributed by atoms with van der Waals surface area (Å²) in [5, 5.41) is 3.55. The maximum absolute atomic E-state index is 5.41. The molecule has 1 aromatic carbocycles. The van der Waals surface area contributed by atoms with Crippen LogP contribution in [0, 0.1) is 12.8 Å². The van der Waals surface area contributed by atoms with Gasteiger partial charge in [-0.3, -0.25) is 0 Å². The summed E-state index contributed by atoms with van der Waals surface area (Å²) in [6.45, 7) is 9.86. The number of hydrogen-bond acceptors (Lipinski definition) is 2. The maximum Gasteiger partial charge on any atom is 0.123 e. The average molecular weight is 235 g/mol. The Morgan fingerprint density at radius 2 is 1.94 bits per heavy atom. The zero-order valence-corrected chi connectivity index (χ0v) is 11.7. The number of rotatable bonds is 6. The third-order valence-electron chi connectivity index (χ3n) is 3.02. The van der Waals surface area contributed by atoms with E-state index in [1.165, 1.54) is 17.5 Å². The maximum atomic E-state index is 5.41. The van der Waals surface area contributed by atoms with E-state index >= 15 is 0 Å². The second-order valence-corrected chi connectivity index (χ2v) is 5.10. The third kappa shape index (κ3) is 4.39. The molecule has 1 unspecified atom stereocenters. The number of nitrogens with one attached hydrogen (secondary N) is 1. The fourth-order valence-electron chi connectivity index (χ4n) is 1.89. The first-order valence-corrected chi connectivity index (χ1v) is 6.42. The van der Waals surface area contributed by atoms with Crippen molar-refractivity contribution < 1.29 is 4.74 Å². The van der Waals surface area contributed by atoms with Crippen molar-refractivity contribution in [2.45, 2.75) is 40.2 Å². The van der Waals surface area contributed by atoms with E-state index in [0.717, 1.165) is 18.2 Å². The monoisotopic (exact) mass is 235 g/mol. The molecule has 0 heterocycles. The van der Waals surface area contributed by atoms with Crippen molar-refractivity contribution in [1.82, 2.24) is 5.32 Å². The molecule has 0 saturated carbocycles. The van der Waals surface area contributed by atoms with Crippen molar-refractivity contribution in [3.8, 4) is 5.75 Å². The van der Waals surface area contributed by atoms with Crippen LogP contribution in [0.1, 0.15) is 44.4 Å². The SMILES string of the molecule is COc1ccc(C)cc1C(C)NCCC(C)C. The summed E-state index contributed by atoms with van der Waals surface area (Å²) in [4.78, 5) is 0. The number of aryl methyl sites for hydroxylation is 1. The highest BCUT2D eigenvalue weighted by atomic mass is 16.5. The molecule has 0 spiro atoms. The van der Waals surface area contributed by atoms with Gasteiger partial charge in [-0.25, -0.2) is 0 Å². The van der Waals surface area contributed by atoms with Crippen LogP contribution in [0.2, 0.25) is 0 Å².